The second-order valence-corrected chi connectivity index (χ2v) is 6.39. The van der Waals surface area contributed by atoms with Gasteiger partial charge in [-0.25, -0.2) is 4.68 Å². The lowest BCUT2D eigenvalue weighted by Crippen LogP contribution is -2.33. The zero-order valence-corrected chi connectivity index (χ0v) is 15.6. The van der Waals surface area contributed by atoms with Crippen molar-refractivity contribution < 1.29 is 9.59 Å². The van der Waals surface area contributed by atoms with E-state index in [4.69, 9.17) is 0 Å². The fourth-order valence-corrected chi connectivity index (χ4v) is 2.80. The summed E-state index contributed by atoms with van der Waals surface area (Å²) in [5.74, 6) is -0.580. The molecule has 0 bridgehead atoms. The summed E-state index contributed by atoms with van der Waals surface area (Å²) in [7, 11) is 0. The van der Waals surface area contributed by atoms with E-state index in [0.717, 1.165) is 17.1 Å². The van der Waals surface area contributed by atoms with Crippen LogP contribution in [-0.4, -0.2) is 28.1 Å². The Balaban J connectivity index is 1.67. The Morgan fingerprint density at radius 3 is 2.30 bits per heavy atom. The number of amides is 2. The predicted octanol–water partition coefficient (Wildman–Crippen LogP) is 3.17. The molecule has 1 aromatic heterocycles. The summed E-state index contributed by atoms with van der Waals surface area (Å²) >= 11 is 0. The number of hydrogen-bond donors (Lipinski definition) is 2. The maximum Gasteiger partial charge on any atom is 0.251 e. The molecule has 0 fully saturated rings. The molecule has 0 spiro atoms. The third-order valence-corrected chi connectivity index (χ3v) is 4.28. The number of carbonyl (C=O) groups excluding carboxylic acids is 2. The number of rotatable bonds is 5. The number of nitrogens with zero attached hydrogens (tertiary/aromatic N) is 2. The minimum atomic E-state index is -0.297. The van der Waals surface area contributed by atoms with Gasteiger partial charge in [0.2, 0.25) is 5.91 Å². The number of carbonyl (C=O) groups is 2. The first kappa shape index (κ1) is 18.4. The van der Waals surface area contributed by atoms with Crippen molar-refractivity contribution in [2.24, 2.45) is 0 Å². The molecule has 2 amide bonds. The van der Waals surface area contributed by atoms with Gasteiger partial charge in [0.25, 0.3) is 5.91 Å². The van der Waals surface area contributed by atoms with E-state index in [2.05, 4.69) is 15.7 Å². The zero-order valence-electron chi connectivity index (χ0n) is 15.6. The monoisotopic (exact) mass is 362 g/mol. The highest BCUT2D eigenvalue weighted by atomic mass is 16.2. The molecular weight excluding hydrogens is 340 g/mol. The van der Waals surface area contributed by atoms with Crippen LogP contribution in [0.2, 0.25) is 0 Å². The van der Waals surface area contributed by atoms with Crippen LogP contribution in [0.1, 0.15) is 27.3 Å². The molecule has 0 saturated heterocycles. The van der Waals surface area contributed by atoms with Crippen LogP contribution in [0.4, 0.5) is 5.69 Å². The van der Waals surface area contributed by atoms with E-state index in [0.29, 0.717) is 11.3 Å². The Hall–Kier alpha value is -3.41. The van der Waals surface area contributed by atoms with Crippen LogP contribution in [0.15, 0.2) is 54.6 Å². The third-order valence-electron chi connectivity index (χ3n) is 4.28. The fourth-order valence-electron chi connectivity index (χ4n) is 2.80. The van der Waals surface area contributed by atoms with Crippen LogP contribution >= 0.6 is 0 Å². The zero-order chi connectivity index (χ0) is 19.4. The highest BCUT2D eigenvalue weighted by Gasteiger charge is 2.16. The van der Waals surface area contributed by atoms with Crippen LogP contribution in [0.25, 0.3) is 5.69 Å². The molecule has 0 aliphatic carbocycles. The highest BCUT2D eigenvalue weighted by molar-refractivity contribution is 5.99. The average molecular weight is 362 g/mol. The van der Waals surface area contributed by atoms with Gasteiger partial charge in [-0.2, -0.15) is 5.10 Å². The van der Waals surface area contributed by atoms with Crippen molar-refractivity contribution in [3.63, 3.8) is 0 Å². The summed E-state index contributed by atoms with van der Waals surface area (Å²) in [4.78, 5) is 24.3. The van der Waals surface area contributed by atoms with E-state index in [1.54, 1.807) is 28.9 Å². The summed E-state index contributed by atoms with van der Waals surface area (Å²) in [6.45, 7) is 5.66. The van der Waals surface area contributed by atoms with Crippen molar-refractivity contribution >= 4 is 17.5 Å². The molecule has 0 aliphatic rings. The summed E-state index contributed by atoms with van der Waals surface area (Å²) < 4.78 is 1.80. The number of hydrogen-bond acceptors (Lipinski definition) is 3. The Labute approximate surface area is 158 Å². The maximum atomic E-state index is 12.3. The Morgan fingerprint density at radius 1 is 0.963 bits per heavy atom. The molecule has 138 valence electrons. The van der Waals surface area contributed by atoms with Crippen molar-refractivity contribution in [1.29, 1.82) is 0 Å². The van der Waals surface area contributed by atoms with Crippen molar-refractivity contribution in [2.45, 2.75) is 20.8 Å². The summed E-state index contributed by atoms with van der Waals surface area (Å²) in [6, 6.07) is 16.8. The number of anilines is 1. The second-order valence-electron chi connectivity index (χ2n) is 6.39. The van der Waals surface area contributed by atoms with E-state index in [1.165, 1.54) is 5.56 Å². The SMILES string of the molecule is Cc1ccc(-n2nc(C)c(NC(=O)CNC(=O)c3ccccc3)c2C)cc1. The highest BCUT2D eigenvalue weighted by Crippen LogP contribution is 2.22. The van der Waals surface area contributed by atoms with Crippen molar-refractivity contribution in [1.82, 2.24) is 15.1 Å². The molecule has 0 aliphatic heterocycles. The van der Waals surface area contributed by atoms with E-state index in [1.807, 2.05) is 51.1 Å². The van der Waals surface area contributed by atoms with Gasteiger partial charge in [-0.15, -0.1) is 0 Å². The van der Waals surface area contributed by atoms with Gasteiger partial charge < -0.3 is 10.6 Å². The van der Waals surface area contributed by atoms with Gasteiger partial charge in [-0.3, -0.25) is 9.59 Å². The normalized spacial score (nSPS) is 10.5. The van der Waals surface area contributed by atoms with Gasteiger partial charge in [0, 0.05) is 5.56 Å². The van der Waals surface area contributed by atoms with Crippen LogP contribution in [-0.2, 0) is 4.79 Å². The number of aryl methyl sites for hydroxylation is 2. The molecule has 6 nitrogen and oxygen atoms in total. The lowest BCUT2D eigenvalue weighted by atomic mass is 10.2. The van der Waals surface area contributed by atoms with E-state index >= 15 is 0 Å². The topological polar surface area (TPSA) is 76.0 Å². The molecule has 2 aromatic carbocycles. The Bertz CT molecular complexity index is 960. The van der Waals surface area contributed by atoms with E-state index in [9.17, 15) is 9.59 Å². The third kappa shape index (κ3) is 4.23. The summed E-state index contributed by atoms with van der Waals surface area (Å²) in [6.07, 6.45) is 0. The molecule has 6 heteroatoms. The van der Waals surface area contributed by atoms with Crippen molar-refractivity contribution in [3.8, 4) is 5.69 Å². The van der Waals surface area contributed by atoms with E-state index < -0.39 is 0 Å². The van der Waals surface area contributed by atoms with E-state index in [-0.39, 0.29) is 18.4 Å². The molecule has 0 radical (unpaired) electrons. The predicted molar refractivity (Wildman–Crippen MR) is 105 cm³/mol. The van der Waals surface area contributed by atoms with Crippen molar-refractivity contribution in [3.05, 3.63) is 77.1 Å². The molecule has 0 saturated carbocycles. The smallest absolute Gasteiger partial charge is 0.251 e. The molecule has 3 aromatic rings. The van der Waals surface area contributed by atoms with Crippen LogP contribution in [0, 0.1) is 20.8 Å². The minimum absolute atomic E-state index is 0.109. The fraction of sp³-hybridized carbons (Fsp3) is 0.190. The quantitative estimate of drug-likeness (QED) is 0.732. The van der Waals surface area contributed by atoms with Gasteiger partial charge in [0.05, 0.1) is 29.3 Å². The van der Waals surface area contributed by atoms with Gasteiger partial charge in [0.1, 0.15) is 0 Å². The van der Waals surface area contributed by atoms with Crippen LogP contribution < -0.4 is 10.6 Å². The lowest BCUT2D eigenvalue weighted by molar-refractivity contribution is -0.115. The molecule has 1 heterocycles. The first-order valence-corrected chi connectivity index (χ1v) is 8.72. The number of nitrogens with one attached hydrogen (secondary N) is 2. The first-order valence-electron chi connectivity index (χ1n) is 8.72. The molecule has 27 heavy (non-hydrogen) atoms. The van der Waals surface area contributed by atoms with Gasteiger partial charge in [-0.05, 0) is 45.0 Å². The molecule has 0 unspecified atom stereocenters. The molecule has 0 atom stereocenters. The maximum absolute atomic E-state index is 12.3. The summed E-state index contributed by atoms with van der Waals surface area (Å²) in [5, 5.41) is 9.99. The molecule has 3 rings (SSSR count). The lowest BCUT2D eigenvalue weighted by Gasteiger charge is -2.08. The van der Waals surface area contributed by atoms with Gasteiger partial charge in [-0.1, -0.05) is 35.9 Å². The van der Waals surface area contributed by atoms with Crippen LogP contribution in [0.5, 0.6) is 0 Å². The summed E-state index contributed by atoms with van der Waals surface area (Å²) in [5.41, 5.74) is 4.83. The Kier molecular flexibility index (Phi) is 5.35. The molecular formula is C21H22N4O2. The number of aromatic nitrogens is 2. The second kappa shape index (κ2) is 7.86. The largest absolute Gasteiger partial charge is 0.343 e. The van der Waals surface area contributed by atoms with Gasteiger partial charge >= 0.3 is 0 Å². The first-order chi connectivity index (χ1) is 13.0. The average Bonchev–Trinajstić information content (AvgIpc) is 2.95. The molecule has 2 N–H and O–H groups in total. The standard InChI is InChI=1S/C21H22N4O2/c1-14-9-11-18(12-10-14)25-16(3)20(15(2)24-25)23-19(26)13-22-21(27)17-7-5-4-6-8-17/h4-12H,13H2,1-3H3,(H,22,27)(H,23,26). The number of benzene rings is 2. The van der Waals surface area contributed by atoms with Crippen LogP contribution in [0.3, 0.4) is 0 Å². The minimum Gasteiger partial charge on any atom is -0.343 e. The Morgan fingerprint density at radius 2 is 1.63 bits per heavy atom. The van der Waals surface area contributed by atoms with Gasteiger partial charge in [0.15, 0.2) is 0 Å². The van der Waals surface area contributed by atoms with Crippen molar-refractivity contribution in [2.75, 3.05) is 11.9 Å².